The second-order valence-corrected chi connectivity index (χ2v) is 7.64. The zero-order valence-corrected chi connectivity index (χ0v) is 14.3. The topological polar surface area (TPSA) is 67.4 Å². The monoisotopic (exact) mass is 371 g/mol. The molecule has 1 saturated heterocycles. The van der Waals surface area contributed by atoms with Crippen molar-refractivity contribution in [2.24, 2.45) is 0 Å². The van der Waals surface area contributed by atoms with Crippen LogP contribution in [0.25, 0.3) is 0 Å². The normalized spacial score (nSPS) is 24.8. The molecule has 2 N–H and O–H groups in total. The number of carbonyl (C=O) groups is 1. The summed E-state index contributed by atoms with van der Waals surface area (Å²) in [7, 11) is 1.57. The molecule has 5 nitrogen and oxygen atoms in total. The van der Waals surface area contributed by atoms with Gasteiger partial charge in [0.05, 0.1) is 6.04 Å². The third-order valence-electron chi connectivity index (χ3n) is 3.78. The summed E-state index contributed by atoms with van der Waals surface area (Å²) >= 11 is -0.00568. The van der Waals surface area contributed by atoms with Crippen LogP contribution in [0.4, 0.5) is 14.5 Å². The highest BCUT2D eigenvalue weighted by molar-refractivity contribution is 7.87. The zero-order valence-electron chi connectivity index (χ0n) is 12.7. The van der Waals surface area contributed by atoms with Crippen molar-refractivity contribution in [3.8, 4) is 0 Å². The van der Waals surface area contributed by atoms with Gasteiger partial charge in [-0.25, -0.2) is 8.78 Å². The van der Waals surface area contributed by atoms with Gasteiger partial charge in [-0.3, -0.25) is 4.79 Å². The standard InChI is InChI=1S/C15H15F2N3O2S2/c1-20-13(8-12(19-24(20)22)14-3-2-6-23-14)15(21)18-9-4-5-10(16)11(17)7-9/h2-7,12-13,19H,8H2,1H3,(H,18,21). The van der Waals surface area contributed by atoms with E-state index in [2.05, 4.69) is 10.0 Å². The first kappa shape index (κ1) is 17.3. The summed E-state index contributed by atoms with van der Waals surface area (Å²) in [5.41, 5.74) is 0.157. The van der Waals surface area contributed by atoms with Crippen LogP contribution in [0, 0.1) is 11.6 Å². The number of carbonyl (C=O) groups excluding carboxylic acids is 1. The third kappa shape index (κ3) is 3.60. The molecule has 3 unspecified atom stereocenters. The van der Waals surface area contributed by atoms with Crippen LogP contribution >= 0.6 is 11.3 Å². The highest BCUT2D eigenvalue weighted by Gasteiger charge is 2.41. The van der Waals surface area contributed by atoms with Crippen LogP contribution in [0.2, 0.25) is 0 Å². The fraction of sp³-hybridized carbons (Fsp3) is 0.267. The predicted molar refractivity (Wildman–Crippen MR) is 89.5 cm³/mol. The van der Waals surface area contributed by atoms with Gasteiger partial charge in [-0.05, 0) is 23.6 Å². The first-order valence-corrected chi connectivity index (χ1v) is 9.14. The molecule has 2 heterocycles. The molecule has 128 valence electrons. The number of amides is 1. The van der Waals surface area contributed by atoms with E-state index in [0.717, 1.165) is 17.0 Å². The number of thiophene rings is 1. The van der Waals surface area contributed by atoms with E-state index in [4.69, 9.17) is 0 Å². The summed E-state index contributed by atoms with van der Waals surface area (Å²) in [5.74, 6) is -2.43. The second-order valence-electron chi connectivity index (χ2n) is 5.35. The van der Waals surface area contributed by atoms with Crippen molar-refractivity contribution in [1.82, 2.24) is 9.03 Å². The fourth-order valence-electron chi connectivity index (χ4n) is 2.48. The van der Waals surface area contributed by atoms with Crippen molar-refractivity contribution in [3.63, 3.8) is 0 Å². The highest BCUT2D eigenvalue weighted by atomic mass is 32.2. The SMILES string of the molecule is CN1C(C(=O)Nc2ccc(F)c(F)c2)CC(c2cccs2)N[S+]1[O-]. The minimum absolute atomic E-state index is 0.157. The van der Waals surface area contributed by atoms with Crippen molar-refractivity contribution in [2.45, 2.75) is 18.5 Å². The number of hydrogen-bond donors (Lipinski definition) is 2. The second kappa shape index (κ2) is 7.16. The molecule has 0 saturated carbocycles. The first-order chi connectivity index (χ1) is 11.5. The molecule has 1 amide bonds. The molecule has 0 bridgehead atoms. The molecular formula is C15H15F2N3O2S2. The van der Waals surface area contributed by atoms with Gasteiger partial charge in [-0.15, -0.1) is 16.1 Å². The van der Waals surface area contributed by atoms with E-state index in [1.54, 1.807) is 7.05 Å². The average molecular weight is 371 g/mol. The molecule has 1 aliphatic heterocycles. The van der Waals surface area contributed by atoms with Crippen molar-refractivity contribution in [2.75, 3.05) is 12.4 Å². The van der Waals surface area contributed by atoms with Gasteiger partial charge in [0.15, 0.2) is 11.6 Å². The summed E-state index contributed by atoms with van der Waals surface area (Å²) in [4.78, 5) is 13.5. The van der Waals surface area contributed by atoms with E-state index < -0.39 is 35.1 Å². The van der Waals surface area contributed by atoms with Crippen LogP contribution in [-0.2, 0) is 16.3 Å². The Kier molecular flexibility index (Phi) is 5.16. The van der Waals surface area contributed by atoms with E-state index in [1.165, 1.54) is 21.7 Å². The lowest BCUT2D eigenvalue weighted by Crippen LogP contribution is -2.55. The average Bonchev–Trinajstić information content (AvgIpc) is 3.08. The first-order valence-electron chi connectivity index (χ1n) is 7.16. The Hall–Kier alpha value is -1.52. The summed E-state index contributed by atoms with van der Waals surface area (Å²) in [6.07, 6.45) is 0.415. The molecule has 0 aliphatic carbocycles. The molecule has 9 heteroatoms. The lowest BCUT2D eigenvalue weighted by molar-refractivity contribution is -0.120. The van der Waals surface area contributed by atoms with Crippen molar-refractivity contribution in [1.29, 1.82) is 0 Å². The summed E-state index contributed by atoms with van der Waals surface area (Å²) in [5, 5.41) is 4.46. The predicted octanol–water partition coefficient (Wildman–Crippen LogP) is 2.58. The Balaban J connectivity index is 1.75. The molecule has 24 heavy (non-hydrogen) atoms. The number of nitrogens with one attached hydrogen (secondary N) is 2. The molecule has 1 aliphatic rings. The van der Waals surface area contributed by atoms with Crippen LogP contribution in [0.15, 0.2) is 35.7 Å². The van der Waals surface area contributed by atoms with E-state index >= 15 is 0 Å². The number of rotatable bonds is 3. The van der Waals surface area contributed by atoms with Gasteiger partial charge in [0.1, 0.15) is 17.6 Å². The molecule has 3 atom stereocenters. The van der Waals surface area contributed by atoms with Crippen LogP contribution in [0.3, 0.4) is 0 Å². The van der Waals surface area contributed by atoms with Gasteiger partial charge >= 0.3 is 0 Å². The zero-order chi connectivity index (χ0) is 17.3. The van der Waals surface area contributed by atoms with Crippen molar-refractivity contribution >= 4 is 34.5 Å². The molecule has 0 spiro atoms. The fourth-order valence-corrected chi connectivity index (χ4v) is 4.39. The van der Waals surface area contributed by atoms with Crippen LogP contribution in [-0.4, -0.2) is 27.9 Å². The van der Waals surface area contributed by atoms with Crippen molar-refractivity contribution < 1.29 is 18.1 Å². The van der Waals surface area contributed by atoms with E-state index in [9.17, 15) is 18.1 Å². The summed E-state index contributed by atoms with van der Waals surface area (Å²) in [6.45, 7) is 0. The minimum atomic E-state index is -1.52. The Morgan fingerprint density at radius 1 is 1.42 bits per heavy atom. The van der Waals surface area contributed by atoms with Gasteiger partial charge in [-0.1, -0.05) is 10.4 Å². The third-order valence-corrected chi connectivity index (χ3v) is 6.03. The summed E-state index contributed by atoms with van der Waals surface area (Å²) in [6, 6.07) is 6.08. The Morgan fingerprint density at radius 2 is 2.21 bits per heavy atom. The number of hydrogen-bond acceptors (Lipinski definition) is 5. The van der Waals surface area contributed by atoms with E-state index in [1.807, 2.05) is 17.5 Å². The number of benzene rings is 1. The number of nitrogens with zero attached hydrogens (tertiary/aromatic N) is 1. The minimum Gasteiger partial charge on any atom is -0.579 e. The van der Waals surface area contributed by atoms with Gasteiger partial charge in [0, 0.05) is 30.1 Å². The summed E-state index contributed by atoms with van der Waals surface area (Å²) < 4.78 is 42.8. The lowest BCUT2D eigenvalue weighted by atomic mass is 10.1. The maximum Gasteiger partial charge on any atom is 0.246 e. The number of halogens is 2. The Bertz CT molecular complexity index is 730. The van der Waals surface area contributed by atoms with Crippen LogP contribution in [0.1, 0.15) is 17.3 Å². The molecule has 1 aromatic heterocycles. The molecule has 1 aromatic carbocycles. The van der Waals surface area contributed by atoms with Crippen LogP contribution < -0.4 is 10.0 Å². The van der Waals surface area contributed by atoms with Crippen LogP contribution in [0.5, 0.6) is 0 Å². The quantitative estimate of drug-likeness (QED) is 0.814. The number of anilines is 1. The molecule has 3 rings (SSSR count). The molecule has 2 aromatic rings. The largest absolute Gasteiger partial charge is 0.579 e. The van der Waals surface area contributed by atoms with E-state index in [-0.39, 0.29) is 11.7 Å². The lowest BCUT2D eigenvalue weighted by Gasteiger charge is -2.35. The van der Waals surface area contributed by atoms with Gasteiger partial charge in [0.2, 0.25) is 5.91 Å². The van der Waals surface area contributed by atoms with Gasteiger partial charge in [0.25, 0.3) is 0 Å². The maximum atomic E-state index is 13.3. The maximum absolute atomic E-state index is 13.3. The molecule has 1 fully saturated rings. The molecular weight excluding hydrogens is 356 g/mol. The van der Waals surface area contributed by atoms with Crippen molar-refractivity contribution in [3.05, 3.63) is 52.2 Å². The smallest absolute Gasteiger partial charge is 0.246 e. The highest BCUT2D eigenvalue weighted by Crippen LogP contribution is 2.30. The van der Waals surface area contributed by atoms with Gasteiger partial charge in [-0.2, -0.15) is 0 Å². The van der Waals surface area contributed by atoms with Gasteiger partial charge < -0.3 is 9.87 Å². The number of likely N-dealkylation sites (N-methyl/N-ethyl adjacent to an activating group) is 1. The molecule has 0 radical (unpaired) electrons. The van der Waals surface area contributed by atoms with E-state index in [0.29, 0.717) is 6.42 Å². The Labute approximate surface area is 145 Å². The Morgan fingerprint density at radius 3 is 2.88 bits per heavy atom.